The molecule has 1 aliphatic carbocycles. The van der Waals surface area contributed by atoms with Crippen molar-refractivity contribution in [3.05, 3.63) is 29.8 Å². The Morgan fingerprint density at radius 2 is 1.88 bits per heavy atom. The van der Waals surface area contributed by atoms with Crippen molar-refractivity contribution in [2.24, 2.45) is 5.92 Å². The van der Waals surface area contributed by atoms with Crippen molar-refractivity contribution in [3.8, 4) is 5.75 Å². The summed E-state index contributed by atoms with van der Waals surface area (Å²) in [5.41, 5.74) is 0.534. The predicted octanol–water partition coefficient (Wildman–Crippen LogP) is 2.98. The van der Waals surface area contributed by atoms with Gasteiger partial charge in [-0.15, -0.1) is 0 Å². The van der Waals surface area contributed by atoms with E-state index >= 15 is 0 Å². The maximum Gasteiger partial charge on any atom is 0.298 e. The van der Waals surface area contributed by atoms with Gasteiger partial charge in [0.2, 0.25) is 0 Å². The number of hydrogen-bond acceptors (Lipinski definition) is 3. The molecule has 1 aliphatic rings. The number of ether oxygens (including phenoxy) is 1. The van der Waals surface area contributed by atoms with Gasteiger partial charge in [0.05, 0.1) is 5.56 Å². The molecule has 0 saturated heterocycles. The zero-order valence-corrected chi connectivity index (χ0v) is 9.72. The molecule has 1 aromatic rings. The van der Waals surface area contributed by atoms with E-state index in [2.05, 4.69) is 0 Å². The van der Waals surface area contributed by atoms with Gasteiger partial charge < -0.3 is 4.74 Å². The van der Waals surface area contributed by atoms with Crippen molar-refractivity contribution in [1.29, 1.82) is 0 Å². The average molecular weight is 232 g/mol. The van der Waals surface area contributed by atoms with Gasteiger partial charge in [-0.3, -0.25) is 9.59 Å². The molecule has 1 saturated carbocycles. The van der Waals surface area contributed by atoms with E-state index in [1.807, 2.05) is 0 Å². The van der Waals surface area contributed by atoms with Crippen LogP contribution in [-0.4, -0.2) is 12.3 Å². The molecule has 0 aliphatic heterocycles. The van der Waals surface area contributed by atoms with Crippen LogP contribution in [0.15, 0.2) is 24.3 Å². The lowest BCUT2D eigenvalue weighted by Crippen LogP contribution is -2.18. The minimum absolute atomic E-state index is 0.0974. The van der Waals surface area contributed by atoms with E-state index in [0.29, 0.717) is 17.8 Å². The van der Waals surface area contributed by atoms with Crippen molar-refractivity contribution in [2.45, 2.75) is 32.1 Å². The highest BCUT2D eigenvalue weighted by molar-refractivity contribution is 6.00. The first kappa shape index (κ1) is 11.8. The quantitative estimate of drug-likeness (QED) is 0.592. The molecule has 0 bridgehead atoms. The minimum atomic E-state index is 0.0974. The molecule has 0 heterocycles. The van der Waals surface area contributed by atoms with Crippen LogP contribution in [-0.2, 0) is 4.79 Å². The van der Waals surface area contributed by atoms with Gasteiger partial charge in [0, 0.05) is 5.92 Å². The molecule has 0 atom stereocenters. The topological polar surface area (TPSA) is 43.4 Å². The van der Waals surface area contributed by atoms with E-state index < -0.39 is 0 Å². The number of ketones is 1. The van der Waals surface area contributed by atoms with E-state index in [1.54, 1.807) is 24.3 Å². The molecule has 0 N–H and O–H groups in total. The molecule has 0 amide bonds. The van der Waals surface area contributed by atoms with Gasteiger partial charge in [0.15, 0.2) is 5.78 Å². The van der Waals surface area contributed by atoms with E-state index in [0.717, 1.165) is 25.7 Å². The van der Waals surface area contributed by atoms with E-state index in [1.165, 1.54) is 6.42 Å². The molecule has 0 spiro atoms. The normalized spacial score (nSPS) is 16.5. The summed E-state index contributed by atoms with van der Waals surface area (Å²) in [4.78, 5) is 22.7. The van der Waals surface area contributed by atoms with Crippen LogP contribution >= 0.6 is 0 Å². The van der Waals surface area contributed by atoms with Crippen LogP contribution in [0.1, 0.15) is 42.5 Å². The molecule has 90 valence electrons. The molecular weight excluding hydrogens is 216 g/mol. The van der Waals surface area contributed by atoms with Gasteiger partial charge in [0.25, 0.3) is 6.47 Å². The monoisotopic (exact) mass is 232 g/mol. The highest BCUT2D eigenvalue weighted by Crippen LogP contribution is 2.29. The molecule has 17 heavy (non-hydrogen) atoms. The number of hydrogen-bond donors (Lipinski definition) is 0. The molecular formula is C14H16O3. The Kier molecular flexibility index (Phi) is 3.91. The standard InChI is InChI=1S/C14H16O3/c15-10-17-13-9-5-4-8-12(13)14(16)11-6-2-1-3-7-11/h4-5,8-11H,1-3,6-7H2. The van der Waals surface area contributed by atoms with Gasteiger partial charge in [-0.1, -0.05) is 31.4 Å². The third-order valence-corrected chi connectivity index (χ3v) is 3.30. The van der Waals surface area contributed by atoms with Crippen molar-refractivity contribution in [1.82, 2.24) is 0 Å². The first-order chi connectivity index (χ1) is 8.33. The summed E-state index contributed by atoms with van der Waals surface area (Å²) in [5.74, 6) is 0.584. The van der Waals surface area contributed by atoms with Crippen LogP contribution in [0.3, 0.4) is 0 Å². The number of para-hydroxylation sites is 1. The number of carbonyl (C=O) groups excluding carboxylic acids is 2. The smallest absolute Gasteiger partial charge is 0.298 e. The Balaban J connectivity index is 2.19. The van der Waals surface area contributed by atoms with E-state index in [4.69, 9.17) is 4.74 Å². The number of rotatable bonds is 4. The zero-order chi connectivity index (χ0) is 12.1. The van der Waals surface area contributed by atoms with Crippen LogP contribution in [0.5, 0.6) is 5.75 Å². The molecule has 3 nitrogen and oxygen atoms in total. The fourth-order valence-electron chi connectivity index (χ4n) is 2.41. The SMILES string of the molecule is O=COc1ccccc1C(=O)C1CCCCC1. The Labute approximate surface area is 101 Å². The second-order valence-electron chi connectivity index (χ2n) is 4.41. The third kappa shape index (κ3) is 2.73. The summed E-state index contributed by atoms with van der Waals surface area (Å²) in [6, 6.07) is 6.95. The van der Waals surface area contributed by atoms with E-state index in [-0.39, 0.29) is 11.7 Å². The second-order valence-corrected chi connectivity index (χ2v) is 4.41. The van der Waals surface area contributed by atoms with E-state index in [9.17, 15) is 9.59 Å². The number of benzene rings is 1. The summed E-state index contributed by atoms with van der Waals surface area (Å²) >= 11 is 0. The Morgan fingerprint density at radius 3 is 2.59 bits per heavy atom. The minimum Gasteiger partial charge on any atom is -0.428 e. The summed E-state index contributed by atoms with van der Waals surface area (Å²) in [6.07, 6.45) is 5.36. The molecule has 0 unspecified atom stereocenters. The van der Waals surface area contributed by atoms with Gasteiger partial charge in [0.1, 0.15) is 5.75 Å². The Morgan fingerprint density at radius 1 is 1.18 bits per heavy atom. The molecule has 0 aromatic heterocycles. The fourth-order valence-corrected chi connectivity index (χ4v) is 2.41. The second kappa shape index (κ2) is 5.62. The first-order valence-electron chi connectivity index (χ1n) is 6.06. The highest BCUT2D eigenvalue weighted by atomic mass is 16.5. The van der Waals surface area contributed by atoms with Crippen molar-refractivity contribution in [3.63, 3.8) is 0 Å². The maximum atomic E-state index is 12.3. The molecule has 2 rings (SSSR count). The first-order valence-corrected chi connectivity index (χ1v) is 6.06. The largest absolute Gasteiger partial charge is 0.428 e. The summed E-state index contributed by atoms with van der Waals surface area (Å²) in [7, 11) is 0. The van der Waals surface area contributed by atoms with Gasteiger partial charge in [-0.2, -0.15) is 0 Å². The average Bonchev–Trinajstić information content (AvgIpc) is 2.40. The lowest BCUT2D eigenvalue weighted by atomic mass is 9.83. The zero-order valence-electron chi connectivity index (χ0n) is 9.72. The summed E-state index contributed by atoms with van der Waals surface area (Å²) in [6.45, 7) is 0.368. The van der Waals surface area contributed by atoms with Crippen LogP contribution in [0.4, 0.5) is 0 Å². The summed E-state index contributed by atoms with van der Waals surface area (Å²) < 4.78 is 4.85. The molecule has 1 fully saturated rings. The van der Waals surface area contributed by atoms with Crippen LogP contribution < -0.4 is 4.74 Å². The van der Waals surface area contributed by atoms with Crippen LogP contribution in [0.25, 0.3) is 0 Å². The number of Topliss-reactive ketones (excluding diaryl/α,β-unsaturated/α-hetero) is 1. The predicted molar refractivity (Wildman–Crippen MR) is 64.0 cm³/mol. The van der Waals surface area contributed by atoms with Crippen LogP contribution in [0.2, 0.25) is 0 Å². The van der Waals surface area contributed by atoms with Gasteiger partial charge >= 0.3 is 0 Å². The summed E-state index contributed by atoms with van der Waals surface area (Å²) in [5, 5.41) is 0. The molecule has 0 radical (unpaired) electrons. The fraction of sp³-hybridized carbons (Fsp3) is 0.429. The Bertz CT molecular complexity index is 406. The van der Waals surface area contributed by atoms with Crippen molar-refractivity contribution >= 4 is 12.3 Å². The van der Waals surface area contributed by atoms with Gasteiger partial charge in [-0.05, 0) is 25.0 Å². The lowest BCUT2D eigenvalue weighted by molar-refractivity contribution is -0.120. The highest BCUT2D eigenvalue weighted by Gasteiger charge is 2.24. The Hall–Kier alpha value is -1.64. The van der Waals surface area contributed by atoms with Gasteiger partial charge in [-0.25, -0.2) is 0 Å². The lowest BCUT2D eigenvalue weighted by Gasteiger charge is -2.20. The van der Waals surface area contributed by atoms with Crippen molar-refractivity contribution < 1.29 is 14.3 Å². The van der Waals surface area contributed by atoms with Crippen LogP contribution in [0, 0.1) is 5.92 Å². The molecule has 1 aromatic carbocycles. The maximum absolute atomic E-state index is 12.3. The molecule has 3 heteroatoms. The van der Waals surface area contributed by atoms with Crippen molar-refractivity contribution in [2.75, 3.05) is 0 Å². The number of carbonyl (C=O) groups is 2. The third-order valence-electron chi connectivity index (χ3n) is 3.30.